The minimum Gasteiger partial charge on any atom is -0.250 e. The van der Waals surface area contributed by atoms with E-state index in [0.717, 1.165) is 32.1 Å². The van der Waals surface area contributed by atoms with Gasteiger partial charge in [-0.1, -0.05) is 49.6 Å². The molecule has 0 spiro atoms. The monoisotopic (exact) mass is 260 g/mol. The fourth-order valence-electron chi connectivity index (χ4n) is 2.42. The first-order valence-electron chi connectivity index (χ1n) is 7.21. The van der Waals surface area contributed by atoms with Gasteiger partial charge in [0.15, 0.2) is 0 Å². The smallest absolute Gasteiger partial charge is 0.0959 e. The third-order valence-corrected chi connectivity index (χ3v) is 3.89. The van der Waals surface area contributed by atoms with Gasteiger partial charge in [0.1, 0.15) is 0 Å². The molecule has 0 amide bonds. The molecule has 1 aromatic carbocycles. The summed E-state index contributed by atoms with van der Waals surface area (Å²) < 4.78 is 13.5. The number of alkyl halides is 1. The third-order valence-electron chi connectivity index (χ3n) is 3.89. The maximum Gasteiger partial charge on any atom is 0.0959 e. The van der Waals surface area contributed by atoms with Gasteiger partial charge in [0.25, 0.3) is 0 Å². The van der Waals surface area contributed by atoms with Crippen LogP contribution in [0.2, 0.25) is 0 Å². The first-order chi connectivity index (χ1) is 9.15. The van der Waals surface area contributed by atoms with Crippen LogP contribution < -0.4 is 0 Å². The average Bonchev–Trinajstić information content (AvgIpc) is 2.44. The van der Waals surface area contributed by atoms with Gasteiger partial charge in [-0.15, -0.1) is 12.3 Å². The van der Waals surface area contributed by atoms with E-state index >= 15 is 0 Å². The van der Waals surface area contributed by atoms with E-state index in [1.54, 1.807) is 0 Å². The molecule has 0 radical (unpaired) electrons. The number of terminal acetylenes is 1. The Hall–Kier alpha value is -1.29. The van der Waals surface area contributed by atoms with E-state index in [1.165, 1.54) is 11.1 Å². The normalized spacial score (nSPS) is 13.8. The molecule has 0 aliphatic carbocycles. The summed E-state index contributed by atoms with van der Waals surface area (Å²) in [5, 5.41) is 0. The fourth-order valence-corrected chi connectivity index (χ4v) is 2.42. The summed E-state index contributed by atoms with van der Waals surface area (Å²) in [5.74, 6) is 2.67. The zero-order valence-electron chi connectivity index (χ0n) is 12.2. The van der Waals surface area contributed by atoms with Crippen LogP contribution in [0.3, 0.4) is 0 Å². The summed E-state index contributed by atoms with van der Waals surface area (Å²) >= 11 is 0. The van der Waals surface area contributed by atoms with Crippen molar-refractivity contribution in [2.75, 3.05) is 6.67 Å². The van der Waals surface area contributed by atoms with Crippen LogP contribution in [0, 0.1) is 24.7 Å². The van der Waals surface area contributed by atoms with Crippen molar-refractivity contribution in [2.45, 2.75) is 52.4 Å². The van der Waals surface area contributed by atoms with Crippen molar-refractivity contribution >= 4 is 0 Å². The lowest BCUT2D eigenvalue weighted by atomic mass is 9.76. The molecule has 1 heteroatoms. The average molecular weight is 260 g/mol. The van der Waals surface area contributed by atoms with Crippen molar-refractivity contribution in [3.63, 3.8) is 0 Å². The van der Waals surface area contributed by atoms with Crippen LogP contribution in [-0.2, 0) is 6.42 Å². The number of halogens is 1. The Bertz CT molecular complexity index is 399. The van der Waals surface area contributed by atoms with Gasteiger partial charge in [-0.2, -0.15) is 0 Å². The molecule has 104 valence electrons. The van der Waals surface area contributed by atoms with E-state index in [-0.39, 0.29) is 12.1 Å². The number of aryl methyl sites for hydroxylation is 2. The molecule has 1 unspecified atom stereocenters. The van der Waals surface area contributed by atoms with Gasteiger partial charge in [0.05, 0.1) is 6.67 Å². The third kappa shape index (κ3) is 5.07. The maximum atomic E-state index is 13.5. The van der Waals surface area contributed by atoms with Crippen LogP contribution in [0.25, 0.3) is 0 Å². The van der Waals surface area contributed by atoms with Crippen molar-refractivity contribution in [1.29, 1.82) is 0 Å². The van der Waals surface area contributed by atoms with Crippen LogP contribution in [0.5, 0.6) is 0 Å². The Morgan fingerprint density at radius 2 is 1.89 bits per heavy atom. The Kier molecular flexibility index (Phi) is 6.64. The number of hydrogen-bond acceptors (Lipinski definition) is 0. The van der Waals surface area contributed by atoms with E-state index in [0.29, 0.717) is 6.42 Å². The molecule has 0 fully saturated rings. The number of hydrogen-bond donors (Lipinski definition) is 0. The second-order valence-electron chi connectivity index (χ2n) is 5.60. The van der Waals surface area contributed by atoms with E-state index in [9.17, 15) is 4.39 Å². The lowest BCUT2D eigenvalue weighted by Crippen LogP contribution is -2.24. The predicted octanol–water partition coefficient (Wildman–Crippen LogP) is 5.10. The van der Waals surface area contributed by atoms with Crippen molar-refractivity contribution in [2.24, 2.45) is 5.41 Å². The molecule has 0 bridgehead atoms. The van der Waals surface area contributed by atoms with Crippen molar-refractivity contribution in [3.8, 4) is 12.3 Å². The molecule has 0 saturated carbocycles. The molecule has 1 rings (SSSR count). The van der Waals surface area contributed by atoms with E-state index in [4.69, 9.17) is 6.42 Å². The lowest BCUT2D eigenvalue weighted by Gasteiger charge is -2.29. The highest BCUT2D eigenvalue weighted by atomic mass is 19.1. The number of unbranched alkanes of at least 4 members (excludes halogenated alkanes) is 1. The van der Waals surface area contributed by atoms with Crippen LogP contribution in [0.1, 0.15) is 50.2 Å². The highest BCUT2D eigenvalue weighted by Gasteiger charge is 2.28. The highest BCUT2D eigenvalue weighted by Crippen LogP contribution is 2.34. The molecule has 0 N–H and O–H groups in total. The molecular formula is C18H25F. The van der Waals surface area contributed by atoms with Gasteiger partial charge in [-0.3, -0.25) is 4.39 Å². The van der Waals surface area contributed by atoms with Crippen LogP contribution in [0.4, 0.5) is 4.39 Å². The summed E-state index contributed by atoms with van der Waals surface area (Å²) in [4.78, 5) is 0. The van der Waals surface area contributed by atoms with Gasteiger partial charge >= 0.3 is 0 Å². The van der Waals surface area contributed by atoms with Crippen molar-refractivity contribution in [1.82, 2.24) is 0 Å². The highest BCUT2D eigenvalue weighted by molar-refractivity contribution is 5.21. The summed E-state index contributed by atoms with van der Waals surface area (Å²) in [6.07, 6.45) is 10.8. The second-order valence-corrected chi connectivity index (χ2v) is 5.60. The molecule has 19 heavy (non-hydrogen) atoms. The molecule has 0 saturated heterocycles. The fraction of sp³-hybridized carbons (Fsp3) is 0.556. The van der Waals surface area contributed by atoms with E-state index in [2.05, 4.69) is 44.0 Å². The predicted molar refractivity (Wildman–Crippen MR) is 80.9 cm³/mol. The largest absolute Gasteiger partial charge is 0.250 e. The summed E-state index contributed by atoms with van der Waals surface area (Å²) in [6.45, 7) is 3.91. The zero-order valence-corrected chi connectivity index (χ0v) is 12.2. The van der Waals surface area contributed by atoms with Gasteiger partial charge in [0, 0.05) is 11.8 Å². The zero-order chi connectivity index (χ0) is 14.1. The minimum atomic E-state index is -0.310. The Morgan fingerprint density at radius 1 is 1.21 bits per heavy atom. The molecular weight excluding hydrogens is 235 g/mol. The topological polar surface area (TPSA) is 0 Å². The quantitative estimate of drug-likeness (QED) is 0.571. The van der Waals surface area contributed by atoms with E-state index < -0.39 is 0 Å². The summed E-state index contributed by atoms with van der Waals surface area (Å²) in [5.41, 5.74) is 2.22. The Labute approximate surface area is 117 Å². The SMILES string of the molecule is C#CCC(CF)(CCCC)CCc1ccc(C)cc1. The molecule has 1 atom stereocenters. The molecule has 0 nitrogen and oxygen atoms in total. The molecule has 1 aromatic rings. The first-order valence-corrected chi connectivity index (χ1v) is 7.21. The summed E-state index contributed by atoms with van der Waals surface area (Å²) in [7, 11) is 0. The molecule has 0 aliphatic rings. The minimum absolute atomic E-state index is 0.303. The number of benzene rings is 1. The Balaban J connectivity index is 2.66. The standard InChI is InChI=1S/C18H25F/c1-4-6-13-18(15-19,12-5-2)14-11-17-9-7-16(3)8-10-17/h2,7-10H,4,6,11-15H2,1,3H3. The van der Waals surface area contributed by atoms with Crippen molar-refractivity contribution in [3.05, 3.63) is 35.4 Å². The van der Waals surface area contributed by atoms with Crippen molar-refractivity contribution < 1.29 is 4.39 Å². The molecule has 0 aromatic heterocycles. The van der Waals surface area contributed by atoms with Gasteiger partial charge in [-0.05, 0) is 31.7 Å². The summed E-state index contributed by atoms with van der Waals surface area (Å²) in [6, 6.07) is 8.49. The van der Waals surface area contributed by atoms with Gasteiger partial charge in [-0.25, -0.2) is 0 Å². The van der Waals surface area contributed by atoms with E-state index in [1.807, 2.05) is 0 Å². The first kappa shape index (κ1) is 15.8. The van der Waals surface area contributed by atoms with Gasteiger partial charge in [0.2, 0.25) is 0 Å². The van der Waals surface area contributed by atoms with Crippen LogP contribution in [0.15, 0.2) is 24.3 Å². The van der Waals surface area contributed by atoms with Gasteiger partial charge < -0.3 is 0 Å². The van der Waals surface area contributed by atoms with Crippen LogP contribution >= 0.6 is 0 Å². The lowest BCUT2D eigenvalue weighted by molar-refractivity contribution is 0.174. The molecule has 0 heterocycles. The number of rotatable bonds is 8. The molecule has 0 aliphatic heterocycles. The Morgan fingerprint density at radius 3 is 2.42 bits per heavy atom. The maximum absolute atomic E-state index is 13.5. The second kappa shape index (κ2) is 8.00. The van der Waals surface area contributed by atoms with Crippen LogP contribution in [-0.4, -0.2) is 6.67 Å².